The van der Waals surface area contributed by atoms with Gasteiger partial charge in [-0.25, -0.2) is 15.0 Å². The zero-order valence-corrected chi connectivity index (χ0v) is 17.9. The van der Waals surface area contributed by atoms with Gasteiger partial charge in [-0.1, -0.05) is 13.8 Å². The molecular weight excluding hydrogens is 394 g/mol. The van der Waals surface area contributed by atoms with Gasteiger partial charge in [0.05, 0.1) is 18.3 Å². The summed E-state index contributed by atoms with van der Waals surface area (Å²) in [6.07, 6.45) is 1.64. The predicted octanol–water partition coefficient (Wildman–Crippen LogP) is 1.33. The van der Waals surface area contributed by atoms with Gasteiger partial charge in [-0.3, -0.25) is 9.59 Å². The molecule has 1 rings (SSSR count). The van der Waals surface area contributed by atoms with Gasteiger partial charge < -0.3 is 26.0 Å². The van der Waals surface area contributed by atoms with Gasteiger partial charge in [0.25, 0.3) is 11.8 Å². The number of carbonyl (C=O) groups excluding carboxylic acids is 2. The van der Waals surface area contributed by atoms with Crippen molar-refractivity contribution in [2.45, 2.75) is 26.7 Å². The summed E-state index contributed by atoms with van der Waals surface area (Å²) in [6.45, 7) is 6.46. The number of carbonyl (C=O) groups is 2. The quantitative estimate of drug-likeness (QED) is 0.200. The Bertz CT molecular complexity index is 724. The second kappa shape index (κ2) is 14.4. The fourth-order valence-electron chi connectivity index (χ4n) is 2.19. The highest BCUT2D eigenvalue weighted by Crippen LogP contribution is 2.19. The van der Waals surface area contributed by atoms with Crippen LogP contribution in [-0.2, 0) is 4.74 Å². The molecule has 0 aliphatic rings. The van der Waals surface area contributed by atoms with Crippen molar-refractivity contribution in [3.05, 3.63) is 11.4 Å². The number of isothiocyanates is 1. The summed E-state index contributed by atoms with van der Waals surface area (Å²) in [5.74, 6) is -0.302. The monoisotopic (exact) mass is 423 g/mol. The van der Waals surface area contributed by atoms with E-state index in [1.54, 1.807) is 7.11 Å². The van der Waals surface area contributed by atoms with Crippen LogP contribution < -0.4 is 21.3 Å². The van der Waals surface area contributed by atoms with E-state index in [0.29, 0.717) is 32.8 Å². The number of ether oxygens (including phenoxy) is 1. The molecule has 2 amide bonds. The topological polar surface area (TPSA) is 130 Å². The molecule has 0 atom stereocenters. The van der Waals surface area contributed by atoms with Crippen LogP contribution in [0.25, 0.3) is 0 Å². The lowest BCUT2D eigenvalue weighted by Crippen LogP contribution is -2.32. The fraction of sp³-hybridized carbons (Fsp3) is 0.611. The standard InChI is InChI=1S/C18H29N7O3S/c1-4-6-20-15-13(17(26)22-9-8-19-12-29)24-16(21-7-5-2)14(25-15)18(27)23-10-11-28-3/h4-11H2,1-3H3,(H,20,25)(H,21,24)(H,22,26)(H,23,27). The number of aromatic nitrogens is 2. The Morgan fingerprint density at radius 2 is 1.48 bits per heavy atom. The first kappa shape index (κ1) is 24.4. The molecule has 11 heteroatoms. The molecule has 0 spiro atoms. The molecule has 10 nitrogen and oxygen atoms in total. The third-order valence-corrected chi connectivity index (χ3v) is 3.71. The minimum Gasteiger partial charge on any atom is -0.383 e. The van der Waals surface area contributed by atoms with Crippen molar-refractivity contribution < 1.29 is 14.3 Å². The molecule has 0 radical (unpaired) electrons. The maximum absolute atomic E-state index is 12.6. The zero-order valence-electron chi connectivity index (χ0n) is 17.1. The molecule has 0 saturated carbocycles. The summed E-state index contributed by atoms with van der Waals surface area (Å²) in [7, 11) is 1.55. The Labute approximate surface area is 176 Å². The van der Waals surface area contributed by atoms with Gasteiger partial charge >= 0.3 is 0 Å². The van der Waals surface area contributed by atoms with Crippen LogP contribution in [0.4, 0.5) is 11.6 Å². The van der Waals surface area contributed by atoms with Crippen LogP contribution in [0, 0.1) is 0 Å². The molecule has 1 aromatic rings. The normalized spacial score (nSPS) is 10.0. The third-order valence-electron chi connectivity index (χ3n) is 3.58. The van der Waals surface area contributed by atoms with Crippen LogP contribution in [0.3, 0.4) is 0 Å². The molecule has 160 valence electrons. The van der Waals surface area contributed by atoms with E-state index in [9.17, 15) is 9.59 Å². The molecule has 0 aromatic carbocycles. The maximum atomic E-state index is 12.6. The van der Waals surface area contributed by atoms with Crippen molar-refractivity contribution in [2.75, 3.05) is 57.1 Å². The van der Waals surface area contributed by atoms with E-state index in [-0.39, 0.29) is 29.6 Å². The number of hydrogen-bond acceptors (Lipinski definition) is 9. The number of nitrogens with zero attached hydrogens (tertiary/aromatic N) is 3. The summed E-state index contributed by atoms with van der Waals surface area (Å²) in [5, 5.41) is 13.8. The van der Waals surface area contributed by atoms with Crippen LogP contribution >= 0.6 is 12.2 Å². The SMILES string of the molecule is CCCNc1nc(C(=O)NCCOC)c(NCCC)nc1C(=O)NCCN=C=S. The molecule has 0 fully saturated rings. The van der Waals surface area contributed by atoms with Crippen molar-refractivity contribution in [1.29, 1.82) is 0 Å². The molecule has 4 N–H and O–H groups in total. The molecule has 29 heavy (non-hydrogen) atoms. The maximum Gasteiger partial charge on any atom is 0.273 e. The Hall–Kier alpha value is -2.62. The van der Waals surface area contributed by atoms with Crippen molar-refractivity contribution in [3.63, 3.8) is 0 Å². The second-order valence-corrected chi connectivity index (χ2v) is 6.13. The molecular formula is C18H29N7O3S. The smallest absolute Gasteiger partial charge is 0.273 e. The van der Waals surface area contributed by atoms with E-state index in [2.05, 4.69) is 53.6 Å². The summed E-state index contributed by atoms with van der Waals surface area (Å²) >= 11 is 4.51. The van der Waals surface area contributed by atoms with Gasteiger partial charge in [-0.2, -0.15) is 0 Å². The minimum atomic E-state index is -0.415. The minimum absolute atomic E-state index is 0.108. The first-order valence-corrected chi connectivity index (χ1v) is 9.98. The largest absolute Gasteiger partial charge is 0.383 e. The Balaban J connectivity index is 3.21. The van der Waals surface area contributed by atoms with Gasteiger partial charge in [0, 0.05) is 33.3 Å². The molecule has 1 heterocycles. The molecule has 0 aliphatic heterocycles. The third kappa shape index (κ3) is 8.51. The Morgan fingerprint density at radius 3 is 1.93 bits per heavy atom. The van der Waals surface area contributed by atoms with E-state index in [1.807, 2.05) is 13.8 Å². The number of thiocarbonyl (C=S) groups is 1. The molecule has 0 aliphatic carbocycles. The van der Waals surface area contributed by atoms with Gasteiger partial charge in [0.15, 0.2) is 23.0 Å². The summed E-state index contributed by atoms with van der Waals surface area (Å²) in [4.78, 5) is 37.8. The van der Waals surface area contributed by atoms with E-state index >= 15 is 0 Å². The lowest BCUT2D eigenvalue weighted by Gasteiger charge is -2.16. The van der Waals surface area contributed by atoms with Crippen LogP contribution in [0.15, 0.2) is 4.99 Å². The molecule has 0 bridgehead atoms. The van der Waals surface area contributed by atoms with Gasteiger partial charge in [-0.15, -0.1) is 0 Å². The van der Waals surface area contributed by atoms with E-state index in [0.717, 1.165) is 12.8 Å². The summed E-state index contributed by atoms with van der Waals surface area (Å²) in [6, 6.07) is 0. The van der Waals surface area contributed by atoms with Crippen molar-refractivity contribution in [3.8, 4) is 0 Å². The highest BCUT2D eigenvalue weighted by Gasteiger charge is 2.22. The Morgan fingerprint density at radius 1 is 0.966 bits per heavy atom. The fourth-order valence-corrected chi connectivity index (χ4v) is 2.28. The summed E-state index contributed by atoms with van der Waals surface area (Å²) in [5.41, 5.74) is 0.229. The molecule has 1 aromatic heterocycles. The number of rotatable bonds is 14. The van der Waals surface area contributed by atoms with Crippen molar-refractivity contribution in [1.82, 2.24) is 20.6 Å². The number of aliphatic imine (C=N–C) groups is 1. The molecule has 0 unspecified atom stereocenters. The highest BCUT2D eigenvalue weighted by molar-refractivity contribution is 7.78. The van der Waals surface area contributed by atoms with E-state index in [4.69, 9.17) is 4.74 Å². The Kier molecular flexibility index (Phi) is 12.1. The molecule has 0 saturated heterocycles. The number of methoxy groups -OCH3 is 1. The first-order valence-electron chi connectivity index (χ1n) is 9.57. The van der Waals surface area contributed by atoms with E-state index < -0.39 is 11.8 Å². The lowest BCUT2D eigenvalue weighted by molar-refractivity contribution is 0.0925. The highest BCUT2D eigenvalue weighted by atomic mass is 32.1. The number of nitrogens with one attached hydrogen (secondary N) is 4. The average molecular weight is 424 g/mol. The van der Waals surface area contributed by atoms with Gasteiger partial charge in [0.2, 0.25) is 0 Å². The first-order chi connectivity index (χ1) is 14.1. The van der Waals surface area contributed by atoms with Crippen LogP contribution in [-0.4, -0.2) is 73.4 Å². The zero-order chi connectivity index (χ0) is 21.5. The van der Waals surface area contributed by atoms with Crippen molar-refractivity contribution in [2.24, 2.45) is 4.99 Å². The van der Waals surface area contributed by atoms with Crippen LogP contribution in [0.1, 0.15) is 47.7 Å². The van der Waals surface area contributed by atoms with Crippen LogP contribution in [0.5, 0.6) is 0 Å². The number of anilines is 2. The average Bonchev–Trinajstić information content (AvgIpc) is 2.73. The van der Waals surface area contributed by atoms with Gasteiger partial charge in [0.1, 0.15) is 0 Å². The number of amides is 2. The second-order valence-electron chi connectivity index (χ2n) is 5.95. The van der Waals surface area contributed by atoms with Gasteiger partial charge in [-0.05, 0) is 25.1 Å². The van der Waals surface area contributed by atoms with Crippen molar-refractivity contribution >= 4 is 40.8 Å². The summed E-state index contributed by atoms with van der Waals surface area (Å²) < 4.78 is 4.96. The predicted molar refractivity (Wildman–Crippen MR) is 116 cm³/mol. The van der Waals surface area contributed by atoms with E-state index in [1.165, 1.54) is 0 Å². The lowest BCUT2D eigenvalue weighted by atomic mass is 10.3. The van der Waals surface area contributed by atoms with Crippen LogP contribution in [0.2, 0.25) is 0 Å². The number of hydrogen-bond donors (Lipinski definition) is 4.